The average molecular weight is 225 g/mol. The number of carbonyl (C=O) groups is 1. The van der Waals surface area contributed by atoms with E-state index in [2.05, 4.69) is 14.7 Å². The van der Waals surface area contributed by atoms with Gasteiger partial charge in [0.2, 0.25) is 0 Å². The van der Waals surface area contributed by atoms with Crippen LogP contribution in [0.4, 0.5) is 0 Å². The fourth-order valence-electron chi connectivity index (χ4n) is 1.43. The molecule has 1 N–H and O–H groups in total. The highest BCUT2D eigenvalue weighted by molar-refractivity contribution is 6.34. The quantitative estimate of drug-likeness (QED) is 0.597. The van der Waals surface area contributed by atoms with Gasteiger partial charge >= 0.3 is 5.97 Å². The van der Waals surface area contributed by atoms with Gasteiger partial charge in [-0.15, -0.1) is 0 Å². The monoisotopic (exact) mass is 224 g/mol. The van der Waals surface area contributed by atoms with Crippen LogP contribution in [0.3, 0.4) is 0 Å². The summed E-state index contributed by atoms with van der Waals surface area (Å²) in [5, 5.41) is 1.11. The van der Waals surface area contributed by atoms with Gasteiger partial charge in [0.1, 0.15) is 10.8 Å². The van der Waals surface area contributed by atoms with Crippen LogP contribution in [0.25, 0.3) is 10.9 Å². The van der Waals surface area contributed by atoms with E-state index in [-0.39, 0.29) is 0 Å². The number of esters is 1. The third-order valence-electron chi connectivity index (χ3n) is 2.10. The number of H-pyrrole nitrogens is 1. The first kappa shape index (κ1) is 9.98. The normalized spacial score (nSPS) is 10.6. The van der Waals surface area contributed by atoms with Crippen molar-refractivity contribution < 1.29 is 9.53 Å². The third kappa shape index (κ3) is 1.68. The van der Waals surface area contributed by atoms with Crippen molar-refractivity contribution in [2.75, 3.05) is 7.11 Å². The van der Waals surface area contributed by atoms with E-state index >= 15 is 0 Å². The Labute approximate surface area is 91.2 Å². The highest BCUT2D eigenvalue weighted by Gasteiger charge is 2.12. The number of ether oxygens (including phenoxy) is 1. The number of rotatable bonds is 1. The molecule has 0 fully saturated rings. The molecule has 5 heteroatoms. The molecule has 0 amide bonds. The molecular weight excluding hydrogens is 216 g/mol. The second-order valence-electron chi connectivity index (χ2n) is 3.19. The molecule has 78 valence electrons. The van der Waals surface area contributed by atoms with E-state index in [1.165, 1.54) is 7.11 Å². The summed E-state index contributed by atoms with van der Waals surface area (Å²) < 4.78 is 4.60. The van der Waals surface area contributed by atoms with Gasteiger partial charge in [0.05, 0.1) is 12.6 Å². The lowest BCUT2D eigenvalue weighted by atomic mass is 10.3. The number of aromatic amines is 1. The minimum Gasteiger partial charge on any atom is -0.464 e. The van der Waals surface area contributed by atoms with E-state index in [1.54, 1.807) is 6.07 Å². The zero-order valence-electron chi connectivity index (χ0n) is 8.30. The van der Waals surface area contributed by atoms with Gasteiger partial charge in [-0.1, -0.05) is 11.6 Å². The molecule has 0 aliphatic heterocycles. The van der Waals surface area contributed by atoms with Crippen LogP contribution in [0.2, 0.25) is 5.15 Å². The van der Waals surface area contributed by atoms with Crippen molar-refractivity contribution in [2.45, 2.75) is 6.92 Å². The van der Waals surface area contributed by atoms with Crippen LogP contribution in [-0.4, -0.2) is 23.0 Å². The highest BCUT2D eigenvalue weighted by atomic mass is 35.5. The second kappa shape index (κ2) is 3.55. The fourth-order valence-corrected chi connectivity index (χ4v) is 1.72. The summed E-state index contributed by atoms with van der Waals surface area (Å²) in [6.45, 7) is 1.84. The maximum absolute atomic E-state index is 11.3. The summed E-state index contributed by atoms with van der Waals surface area (Å²) in [5.41, 5.74) is 1.96. The first-order valence-corrected chi connectivity index (χ1v) is 4.74. The van der Waals surface area contributed by atoms with Gasteiger partial charge in [0.15, 0.2) is 0 Å². The van der Waals surface area contributed by atoms with Crippen molar-refractivity contribution in [3.05, 3.63) is 28.7 Å². The molecule has 15 heavy (non-hydrogen) atoms. The van der Waals surface area contributed by atoms with Crippen LogP contribution in [0, 0.1) is 6.92 Å². The van der Waals surface area contributed by atoms with Crippen molar-refractivity contribution in [2.24, 2.45) is 0 Å². The summed E-state index contributed by atoms with van der Waals surface area (Å²) in [7, 11) is 1.33. The Morgan fingerprint density at radius 1 is 1.53 bits per heavy atom. The number of halogens is 1. The molecule has 0 unspecified atom stereocenters. The second-order valence-corrected chi connectivity index (χ2v) is 3.55. The Morgan fingerprint density at radius 2 is 2.27 bits per heavy atom. The standard InChI is InChI=1S/C10H9ClN2O2/c1-5-3-7-6(9(11)12-5)4-8(13-7)10(14)15-2/h3-4,13H,1-2H3. The Morgan fingerprint density at radius 3 is 2.93 bits per heavy atom. The number of nitrogens with zero attached hydrogens (tertiary/aromatic N) is 1. The molecule has 0 saturated carbocycles. The topological polar surface area (TPSA) is 55.0 Å². The molecule has 0 atom stereocenters. The summed E-state index contributed by atoms with van der Waals surface area (Å²) in [4.78, 5) is 18.3. The predicted molar refractivity (Wildman–Crippen MR) is 57.2 cm³/mol. The lowest BCUT2D eigenvalue weighted by molar-refractivity contribution is 0.0595. The Balaban J connectivity index is 2.65. The molecule has 0 aromatic carbocycles. The Kier molecular flexibility index (Phi) is 2.36. The van der Waals surface area contributed by atoms with Gasteiger partial charge in [-0.25, -0.2) is 9.78 Å². The number of hydrogen-bond donors (Lipinski definition) is 1. The minimum atomic E-state index is -0.417. The number of pyridine rings is 1. The van der Waals surface area contributed by atoms with Crippen molar-refractivity contribution in [3.63, 3.8) is 0 Å². The lowest BCUT2D eigenvalue weighted by Crippen LogP contribution is -2.00. The van der Waals surface area contributed by atoms with Crippen molar-refractivity contribution >= 4 is 28.5 Å². The first-order valence-electron chi connectivity index (χ1n) is 4.36. The summed E-state index contributed by atoms with van der Waals surface area (Å²) in [5.74, 6) is -0.417. The Bertz CT molecular complexity index is 533. The molecule has 0 radical (unpaired) electrons. The fraction of sp³-hybridized carbons (Fsp3) is 0.200. The molecular formula is C10H9ClN2O2. The van der Waals surface area contributed by atoms with E-state index < -0.39 is 5.97 Å². The van der Waals surface area contributed by atoms with E-state index in [4.69, 9.17) is 11.6 Å². The molecule has 0 aliphatic rings. The summed E-state index contributed by atoms with van der Waals surface area (Å²) in [6.07, 6.45) is 0. The van der Waals surface area contributed by atoms with Gasteiger partial charge in [-0.2, -0.15) is 0 Å². The van der Waals surface area contributed by atoms with Crippen LogP contribution < -0.4 is 0 Å². The number of methoxy groups -OCH3 is 1. The van der Waals surface area contributed by atoms with Crippen molar-refractivity contribution in [3.8, 4) is 0 Å². The smallest absolute Gasteiger partial charge is 0.354 e. The molecule has 4 nitrogen and oxygen atoms in total. The summed E-state index contributed by atoms with van der Waals surface area (Å²) in [6, 6.07) is 3.46. The minimum absolute atomic E-state index is 0.377. The Hall–Kier alpha value is -1.55. The maximum atomic E-state index is 11.3. The van der Waals surface area contributed by atoms with Crippen LogP contribution in [-0.2, 0) is 4.74 Å². The number of carbonyl (C=O) groups excluding carboxylic acids is 1. The van der Waals surface area contributed by atoms with Gasteiger partial charge < -0.3 is 9.72 Å². The maximum Gasteiger partial charge on any atom is 0.354 e. The van der Waals surface area contributed by atoms with Crippen molar-refractivity contribution in [1.82, 2.24) is 9.97 Å². The van der Waals surface area contributed by atoms with Crippen LogP contribution in [0.15, 0.2) is 12.1 Å². The molecule has 2 rings (SSSR count). The van der Waals surface area contributed by atoms with E-state index in [1.807, 2.05) is 13.0 Å². The number of nitrogens with one attached hydrogen (secondary N) is 1. The van der Waals surface area contributed by atoms with Gasteiger partial charge in [-0.3, -0.25) is 0 Å². The van der Waals surface area contributed by atoms with E-state index in [0.717, 1.165) is 16.6 Å². The number of fused-ring (bicyclic) bond motifs is 1. The average Bonchev–Trinajstić information content (AvgIpc) is 2.60. The first-order chi connectivity index (χ1) is 7.11. The molecule has 2 heterocycles. The summed E-state index contributed by atoms with van der Waals surface area (Å²) >= 11 is 5.94. The third-order valence-corrected chi connectivity index (χ3v) is 2.39. The van der Waals surface area contributed by atoms with Gasteiger partial charge in [-0.05, 0) is 19.1 Å². The zero-order chi connectivity index (χ0) is 11.0. The van der Waals surface area contributed by atoms with E-state index in [0.29, 0.717) is 10.8 Å². The number of hydrogen-bond acceptors (Lipinski definition) is 3. The van der Waals surface area contributed by atoms with Crippen molar-refractivity contribution in [1.29, 1.82) is 0 Å². The van der Waals surface area contributed by atoms with Crippen LogP contribution >= 0.6 is 11.6 Å². The van der Waals surface area contributed by atoms with Crippen LogP contribution in [0.5, 0.6) is 0 Å². The largest absolute Gasteiger partial charge is 0.464 e. The van der Waals surface area contributed by atoms with Gasteiger partial charge in [0.25, 0.3) is 0 Å². The van der Waals surface area contributed by atoms with Gasteiger partial charge in [0, 0.05) is 11.1 Å². The lowest BCUT2D eigenvalue weighted by Gasteiger charge is -1.94. The van der Waals surface area contributed by atoms with E-state index in [9.17, 15) is 4.79 Å². The highest BCUT2D eigenvalue weighted by Crippen LogP contribution is 2.23. The SMILES string of the molecule is COC(=O)c1cc2c(Cl)nc(C)cc2[nH]1. The number of aryl methyl sites for hydroxylation is 1. The number of aromatic nitrogens is 2. The molecule has 0 bridgehead atoms. The van der Waals surface area contributed by atoms with Crippen LogP contribution in [0.1, 0.15) is 16.2 Å². The molecule has 2 aromatic rings. The molecule has 2 aromatic heterocycles. The molecule has 0 aliphatic carbocycles. The molecule has 0 saturated heterocycles. The molecule has 0 spiro atoms. The zero-order valence-corrected chi connectivity index (χ0v) is 9.05. The predicted octanol–water partition coefficient (Wildman–Crippen LogP) is 2.31.